The molecule has 4 N–H and O–H groups in total. The highest BCUT2D eigenvalue weighted by Gasteiger charge is 2.06. The van der Waals surface area contributed by atoms with E-state index in [4.69, 9.17) is 15.8 Å². The van der Waals surface area contributed by atoms with Gasteiger partial charge in [0.1, 0.15) is 0 Å². The highest BCUT2D eigenvalue weighted by molar-refractivity contribution is 6.13. The molecule has 0 spiro atoms. The predicted molar refractivity (Wildman–Crippen MR) is 42.6 cm³/mol. The van der Waals surface area contributed by atoms with Crippen LogP contribution in [0.1, 0.15) is 32.1 Å². The van der Waals surface area contributed by atoms with E-state index in [1.165, 1.54) is 32.1 Å². The minimum atomic E-state index is -0.750. The largest absolute Gasteiger partial charge is 0.432 e. The quantitative estimate of drug-likeness (QED) is 0.403. The van der Waals surface area contributed by atoms with E-state index in [9.17, 15) is 0 Å². The second-order valence-electron chi connectivity index (χ2n) is 2.54. The Balaban J connectivity index is 0.000000236. The van der Waals surface area contributed by atoms with Gasteiger partial charge in [-0.15, -0.1) is 0 Å². The molecule has 60 valence electrons. The van der Waals surface area contributed by atoms with Crippen LogP contribution in [0.5, 0.6) is 0 Å². The average molecular weight is 145 g/mol. The van der Waals surface area contributed by atoms with Crippen LogP contribution in [0, 0.1) is 0 Å². The third-order valence-electron chi connectivity index (χ3n) is 1.65. The summed E-state index contributed by atoms with van der Waals surface area (Å²) in [5, 5.41) is 14.2. The third-order valence-corrected chi connectivity index (χ3v) is 1.65. The van der Waals surface area contributed by atoms with Gasteiger partial charge in [-0.25, -0.2) is 0 Å². The number of hydrogen-bond acceptors (Lipinski definition) is 3. The fourth-order valence-electron chi connectivity index (χ4n) is 1.13. The van der Waals surface area contributed by atoms with Crippen molar-refractivity contribution in [1.29, 1.82) is 0 Å². The predicted octanol–water partition coefficient (Wildman–Crippen LogP) is -0.485. The molecule has 0 amide bonds. The lowest BCUT2D eigenvalue weighted by atomic mass is 9.97. The van der Waals surface area contributed by atoms with Crippen LogP contribution in [0.25, 0.3) is 0 Å². The maximum atomic E-state index is 7.12. The van der Waals surface area contributed by atoms with Crippen LogP contribution in [-0.4, -0.2) is 23.8 Å². The molecule has 1 aliphatic rings. The van der Waals surface area contributed by atoms with Crippen molar-refractivity contribution in [2.24, 2.45) is 5.73 Å². The summed E-state index contributed by atoms with van der Waals surface area (Å²) in [7, 11) is -0.750. The lowest BCUT2D eigenvalue weighted by Gasteiger charge is -2.15. The van der Waals surface area contributed by atoms with Gasteiger partial charge in [-0.05, 0) is 12.8 Å². The minimum absolute atomic E-state index is 0.536. The molecule has 1 rings (SSSR count). The van der Waals surface area contributed by atoms with Crippen molar-refractivity contribution in [2.45, 2.75) is 38.1 Å². The van der Waals surface area contributed by atoms with Crippen molar-refractivity contribution in [3.05, 3.63) is 0 Å². The van der Waals surface area contributed by atoms with Crippen molar-refractivity contribution in [3.63, 3.8) is 0 Å². The van der Waals surface area contributed by atoms with Crippen LogP contribution >= 0.6 is 0 Å². The number of hydrogen-bond donors (Lipinski definition) is 3. The van der Waals surface area contributed by atoms with Gasteiger partial charge < -0.3 is 15.8 Å². The first kappa shape index (κ1) is 9.94. The molecule has 0 unspecified atom stereocenters. The molecule has 0 bridgehead atoms. The summed E-state index contributed by atoms with van der Waals surface area (Å²) in [5.74, 6) is 0. The molecule has 4 heteroatoms. The fourth-order valence-corrected chi connectivity index (χ4v) is 1.13. The van der Waals surface area contributed by atoms with Gasteiger partial charge in [-0.3, -0.25) is 0 Å². The van der Waals surface area contributed by atoms with Gasteiger partial charge in [-0.1, -0.05) is 19.3 Å². The fraction of sp³-hybridized carbons (Fsp3) is 1.00. The van der Waals surface area contributed by atoms with E-state index in [0.717, 1.165) is 0 Å². The van der Waals surface area contributed by atoms with Crippen molar-refractivity contribution < 1.29 is 10.0 Å². The molecule has 0 atom stereocenters. The van der Waals surface area contributed by atoms with E-state index in [0.29, 0.717) is 6.04 Å². The Morgan fingerprint density at radius 1 is 1.10 bits per heavy atom. The summed E-state index contributed by atoms with van der Waals surface area (Å²) >= 11 is 0. The molecule has 3 nitrogen and oxygen atoms in total. The lowest BCUT2D eigenvalue weighted by molar-refractivity contribution is 0.441. The Kier molecular flexibility index (Phi) is 7.02. The van der Waals surface area contributed by atoms with Gasteiger partial charge >= 0.3 is 7.69 Å². The zero-order valence-electron chi connectivity index (χ0n) is 6.29. The van der Waals surface area contributed by atoms with Crippen molar-refractivity contribution in [2.75, 3.05) is 0 Å². The SMILES string of the molecule is NC1CCCCC1.OBO. The van der Waals surface area contributed by atoms with Crippen LogP contribution in [0.2, 0.25) is 0 Å². The van der Waals surface area contributed by atoms with Crippen molar-refractivity contribution in [3.8, 4) is 0 Å². The second-order valence-corrected chi connectivity index (χ2v) is 2.54. The van der Waals surface area contributed by atoms with Gasteiger partial charge in [0.25, 0.3) is 0 Å². The topological polar surface area (TPSA) is 66.5 Å². The number of nitrogens with two attached hydrogens (primary N) is 1. The third kappa shape index (κ3) is 6.07. The molecule has 0 aromatic rings. The van der Waals surface area contributed by atoms with E-state index in [1.807, 2.05) is 0 Å². The first-order valence-electron chi connectivity index (χ1n) is 3.78. The molecule has 0 radical (unpaired) electrons. The lowest BCUT2D eigenvalue weighted by Crippen LogP contribution is -2.22. The molecule has 0 aromatic carbocycles. The normalized spacial score (nSPS) is 19.1. The first-order valence-corrected chi connectivity index (χ1v) is 3.78. The Morgan fingerprint density at radius 3 is 1.70 bits per heavy atom. The van der Waals surface area contributed by atoms with Gasteiger partial charge in [0.05, 0.1) is 0 Å². The van der Waals surface area contributed by atoms with Crippen LogP contribution in [-0.2, 0) is 0 Å². The van der Waals surface area contributed by atoms with Crippen LogP contribution in [0.15, 0.2) is 0 Å². The van der Waals surface area contributed by atoms with Gasteiger partial charge in [0.2, 0.25) is 0 Å². The Morgan fingerprint density at radius 2 is 1.50 bits per heavy atom. The van der Waals surface area contributed by atoms with E-state index < -0.39 is 7.69 Å². The van der Waals surface area contributed by atoms with Crippen molar-refractivity contribution in [1.82, 2.24) is 0 Å². The highest BCUT2D eigenvalue weighted by atomic mass is 16.4. The highest BCUT2D eigenvalue weighted by Crippen LogP contribution is 2.14. The zero-order valence-corrected chi connectivity index (χ0v) is 6.29. The van der Waals surface area contributed by atoms with E-state index in [-0.39, 0.29) is 0 Å². The molecule has 0 aliphatic heterocycles. The van der Waals surface area contributed by atoms with E-state index in [2.05, 4.69) is 0 Å². The molecule has 0 heterocycles. The van der Waals surface area contributed by atoms with Gasteiger partial charge in [0, 0.05) is 6.04 Å². The maximum Gasteiger partial charge on any atom is 0.432 e. The summed E-state index contributed by atoms with van der Waals surface area (Å²) < 4.78 is 0. The summed E-state index contributed by atoms with van der Waals surface area (Å²) in [5.41, 5.74) is 5.63. The molecule has 1 saturated carbocycles. The summed E-state index contributed by atoms with van der Waals surface area (Å²) in [6, 6.07) is 0.536. The summed E-state index contributed by atoms with van der Waals surface area (Å²) in [6.45, 7) is 0. The van der Waals surface area contributed by atoms with Gasteiger partial charge in [0.15, 0.2) is 0 Å². The zero-order chi connectivity index (χ0) is 7.82. The molecular weight excluding hydrogens is 129 g/mol. The minimum Gasteiger partial charge on any atom is -0.430 e. The van der Waals surface area contributed by atoms with E-state index >= 15 is 0 Å². The Labute approximate surface area is 62.5 Å². The summed E-state index contributed by atoms with van der Waals surface area (Å²) in [6.07, 6.45) is 6.66. The van der Waals surface area contributed by atoms with Crippen LogP contribution < -0.4 is 5.73 Å². The standard InChI is InChI=1S/C6H13N.BH3O2/c7-6-4-2-1-3-5-6;2-1-3/h6H,1-5,7H2;1-3H. The van der Waals surface area contributed by atoms with Crippen LogP contribution in [0.4, 0.5) is 0 Å². The smallest absolute Gasteiger partial charge is 0.430 e. The van der Waals surface area contributed by atoms with Crippen LogP contribution in [0.3, 0.4) is 0 Å². The van der Waals surface area contributed by atoms with E-state index in [1.54, 1.807) is 0 Å². The Bertz CT molecular complexity index is 66.8. The molecule has 0 aromatic heterocycles. The molecule has 10 heavy (non-hydrogen) atoms. The Hall–Kier alpha value is -0.0551. The molecule has 0 saturated heterocycles. The number of rotatable bonds is 0. The monoisotopic (exact) mass is 145 g/mol. The summed E-state index contributed by atoms with van der Waals surface area (Å²) in [4.78, 5) is 0. The average Bonchev–Trinajstić information content (AvgIpc) is 1.91. The van der Waals surface area contributed by atoms with Gasteiger partial charge in [-0.2, -0.15) is 0 Å². The first-order chi connectivity index (χ1) is 4.81. The molecule has 1 fully saturated rings. The second kappa shape index (κ2) is 7.06. The maximum absolute atomic E-state index is 7.12. The molecule has 1 aliphatic carbocycles. The van der Waals surface area contributed by atoms with Crippen molar-refractivity contribution >= 4 is 7.69 Å². The molecular formula is C6H16BNO2.